The summed E-state index contributed by atoms with van der Waals surface area (Å²) in [5.74, 6) is 2.12. The number of hydrogen-bond acceptors (Lipinski definition) is 3. The van der Waals surface area contributed by atoms with Gasteiger partial charge < -0.3 is 15.3 Å². The molecule has 11 unspecified atom stereocenters. The molecule has 4 fully saturated rings. The first-order valence-electron chi connectivity index (χ1n) is 14.5. The Labute approximate surface area is 210 Å². The molecule has 0 aliphatic heterocycles. The first kappa shape index (κ1) is 28.2. The van der Waals surface area contributed by atoms with Gasteiger partial charge in [0, 0.05) is 0 Å². The van der Waals surface area contributed by atoms with Gasteiger partial charge in [-0.3, -0.25) is 0 Å². The lowest BCUT2D eigenvalue weighted by atomic mass is 9.39. The van der Waals surface area contributed by atoms with E-state index in [1.807, 2.05) is 13.8 Å². The fourth-order valence-corrected chi connectivity index (χ4v) is 9.90. The molecular weight excluding hydrogens is 420 g/mol. The lowest BCUT2D eigenvalue weighted by molar-refractivity contribution is -0.232. The maximum Gasteiger partial charge on any atom is 0.0582 e. The highest BCUT2D eigenvalue weighted by Crippen LogP contribution is 2.70. The van der Waals surface area contributed by atoms with Gasteiger partial charge in [0.05, 0.1) is 18.3 Å². The summed E-state index contributed by atoms with van der Waals surface area (Å²) in [6.07, 6.45) is 9.71. The third kappa shape index (κ3) is 4.56. The first-order valence-corrected chi connectivity index (χ1v) is 14.5. The minimum absolute atomic E-state index is 0.00800. The van der Waals surface area contributed by atoms with Crippen LogP contribution in [0.15, 0.2) is 11.6 Å². The summed E-state index contributed by atoms with van der Waals surface area (Å²) in [4.78, 5) is 0. The Hall–Kier alpha value is -0.380. The van der Waals surface area contributed by atoms with E-state index in [0.717, 1.165) is 32.1 Å². The van der Waals surface area contributed by atoms with Crippen LogP contribution in [-0.2, 0) is 0 Å². The van der Waals surface area contributed by atoms with Crippen molar-refractivity contribution >= 4 is 0 Å². The van der Waals surface area contributed by atoms with Crippen molar-refractivity contribution in [1.29, 1.82) is 0 Å². The molecule has 0 radical (unpaired) electrons. The van der Waals surface area contributed by atoms with Gasteiger partial charge in [0.1, 0.15) is 0 Å². The largest absolute Gasteiger partial charge is 0.393 e. The van der Waals surface area contributed by atoms with Gasteiger partial charge in [-0.15, -0.1) is 0 Å². The summed E-state index contributed by atoms with van der Waals surface area (Å²) in [7, 11) is 0. The molecule has 4 aliphatic carbocycles. The van der Waals surface area contributed by atoms with Crippen molar-refractivity contribution in [3.05, 3.63) is 11.6 Å². The zero-order valence-corrected chi connectivity index (χ0v) is 23.8. The van der Waals surface area contributed by atoms with Crippen molar-refractivity contribution in [1.82, 2.24) is 0 Å². The molecule has 0 bridgehead atoms. The lowest BCUT2D eigenvalue weighted by Gasteiger charge is -2.67. The maximum atomic E-state index is 11.6. The SMILES string of the molecule is CC.CC(C)=CCCC(C)(C)C1CCC2C1C(O)CC1C2(C)CC(O)C2C(C)C(O)CCC21C. The first-order chi connectivity index (χ1) is 15.8. The average Bonchev–Trinajstić information content (AvgIpc) is 3.22. The van der Waals surface area contributed by atoms with E-state index >= 15 is 0 Å². The van der Waals surface area contributed by atoms with Crippen molar-refractivity contribution in [3.8, 4) is 0 Å². The summed E-state index contributed by atoms with van der Waals surface area (Å²) in [5, 5.41) is 33.7. The normalized spacial score (nSPS) is 48.1. The molecular formula is C31H56O3. The monoisotopic (exact) mass is 476 g/mol. The smallest absolute Gasteiger partial charge is 0.0582 e. The number of fused-ring (bicyclic) bond motifs is 5. The van der Waals surface area contributed by atoms with Crippen molar-refractivity contribution in [2.75, 3.05) is 0 Å². The minimum atomic E-state index is -0.341. The van der Waals surface area contributed by atoms with E-state index in [4.69, 9.17) is 0 Å². The third-order valence-corrected chi connectivity index (χ3v) is 11.4. The van der Waals surface area contributed by atoms with Gasteiger partial charge in [-0.25, -0.2) is 0 Å². The second-order valence-corrected chi connectivity index (χ2v) is 13.8. The Balaban J connectivity index is 0.00000158. The molecule has 3 nitrogen and oxygen atoms in total. The third-order valence-electron chi connectivity index (χ3n) is 11.4. The molecule has 0 aromatic rings. The quantitative estimate of drug-likeness (QED) is 0.383. The van der Waals surface area contributed by atoms with Crippen LogP contribution in [-0.4, -0.2) is 33.6 Å². The molecule has 4 saturated carbocycles. The number of hydrogen-bond donors (Lipinski definition) is 3. The molecule has 0 saturated heterocycles. The molecule has 0 heterocycles. The number of aliphatic hydroxyl groups excluding tert-OH is 3. The number of aliphatic hydroxyl groups is 3. The molecule has 0 spiro atoms. The Kier molecular flexibility index (Phi) is 8.44. The summed E-state index contributed by atoms with van der Waals surface area (Å²) < 4.78 is 0. The highest BCUT2D eigenvalue weighted by molar-refractivity contribution is 5.16. The van der Waals surface area contributed by atoms with Crippen LogP contribution in [0.5, 0.6) is 0 Å². The predicted molar refractivity (Wildman–Crippen MR) is 142 cm³/mol. The van der Waals surface area contributed by atoms with Crippen molar-refractivity contribution in [2.24, 2.45) is 51.8 Å². The Morgan fingerprint density at radius 3 is 2.21 bits per heavy atom. The Morgan fingerprint density at radius 2 is 1.59 bits per heavy atom. The summed E-state index contributed by atoms with van der Waals surface area (Å²) in [6.45, 7) is 20.2. The van der Waals surface area contributed by atoms with Crippen molar-refractivity contribution in [3.63, 3.8) is 0 Å². The second kappa shape index (κ2) is 10.2. The molecule has 3 heteroatoms. The van der Waals surface area contributed by atoms with Gasteiger partial charge in [0.2, 0.25) is 0 Å². The zero-order valence-electron chi connectivity index (χ0n) is 23.8. The topological polar surface area (TPSA) is 60.7 Å². The zero-order chi connectivity index (χ0) is 25.6. The van der Waals surface area contributed by atoms with E-state index in [0.29, 0.717) is 23.7 Å². The highest BCUT2D eigenvalue weighted by Gasteiger charge is 2.67. The summed E-state index contributed by atoms with van der Waals surface area (Å²) in [6, 6.07) is 0. The average molecular weight is 477 g/mol. The Morgan fingerprint density at radius 1 is 0.941 bits per heavy atom. The van der Waals surface area contributed by atoms with Crippen LogP contribution in [0.1, 0.15) is 114 Å². The fraction of sp³-hybridized carbons (Fsp3) is 0.935. The number of allylic oxidation sites excluding steroid dienone is 2. The van der Waals surface area contributed by atoms with Crippen LogP contribution in [0.2, 0.25) is 0 Å². The van der Waals surface area contributed by atoms with Crippen LogP contribution in [0.3, 0.4) is 0 Å². The summed E-state index contributed by atoms with van der Waals surface area (Å²) in [5.41, 5.74) is 1.71. The van der Waals surface area contributed by atoms with Crippen molar-refractivity contribution < 1.29 is 15.3 Å². The molecule has 0 aromatic carbocycles. The van der Waals surface area contributed by atoms with Crippen LogP contribution in [0.4, 0.5) is 0 Å². The molecule has 198 valence electrons. The van der Waals surface area contributed by atoms with E-state index in [1.54, 1.807) is 0 Å². The van der Waals surface area contributed by atoms with Crippen LogP contribution in [0.25, 0.3) is 0 Å². The second-order valence-electron chi connectivity index (χ2n) is 13.8. The predicted octanol–water partition coefficient (Wildman–Crippen LogP) is 6.99. The highest BCUT2D eigenvalue weighted by atomic mass is 16.3. The molecule has 0 aromatic heterocycles. The van der Waals surface area contributed by atoms with Crippen LogP contribution >= 0.6 is 0 Å². The van der Waals surface area contributed by atoms with Gasteiger partial charge >= 0.3 is 0 Å². The van der Waals surface area contributed by atoms with E-state index in [-0.39, 0.29) is 46.4 Å². The van der Waals surface area contributed by atoms with E-state index in [1.165, 1.54) is 24.8 Å². The van der Waals surface area contributed by atoms with Crippen molar-refractivity contribution in [2.45, 2.75) is 132 Å². The molecule has 4 aliphatic rings. The molecule has 0 amide bonds. The van der Waals surface area contributed by atoms with Crippen LogP contribution < -0.4 is 0 Å². The van der Waals surface area contributed by atoms with Gasteiger partial charge in [-0.1, -0.05) is 60.1 Å². The van der Waals surface area contributed by atoms with Gasteiger partial charge in [-0.2, -0.15) is 0 Å². The van der Waals surface area contributed by atoms with E-state index in [9.17, 15) is 15.3 Å². The fourth-order valence-electron chi connectivity index (χ4n) is 9.90. The summed E-state index contributed by atoms with van der Waals surface area (Å²) >= 11 is 0. The molecule has 11 atom stereocenters. The van der Waals surface area contributed by atoms with Gasteiger partial charge in [0.15, 0.2) is 0 Å². The lowest BCUT2D eigenvalue weighted by Crippen LogP contribution is -2.65. The standard InChI is InChI=1S/C29H50O3.C2H6/c1-17(2)9-8-13-27(4,5)19-10-11-20-25(19)22(31)15-24-28(6)14-12-21(30)18(3)26(28)23(32)16-29(20,24)7;1-2/h9,18-26,30-32H,8,10-16H2,1-7H3;1-2H3. The Bertz CT molecular complexity index is 724. The molecule has 3 N–H and O–H groups in total. The van der Waals surface area contributed by atoms with Gasteiger partial charge in [0.25, 0.3) is 0 Å². The minimum Gasteiger partial charge on any atom is -0.393 e. The van der Waals surface area contributed by atoms with Crippen LogP contribution in [0, 0.1) is 51.8 Å². The van der Waals surface area contributed by atoms with E-state index in [2.05, 4.69) is 54.5 Å². The number of rotatable bonds is 4. The molecule has 4 rings (SSSR count). The van der Waals surface area contributed by atoms with E-state index < -0.39 is 0 Å². The van der Waals surface area contributed by atoms with Gasteiger partial charge in [-0.05, 0) is 117 Å². The maximum absolute atomic E-state index is 11.6. The molecule has 34 heavy (non-hydrogen) atoms.